The fourth-order valence-corrected chi connectivity index (χ4v) is 1.60. The van der Waals surface area contributed by atoms with Crippen molar-refractivity contribution in [3.8, 4) is 5.75 Å². The standard InChI is InChI=1S/C14H23N3O.HI/c1-3-4-5-6-11-16-14(15)17-12-7-9-13(18-2)10-8-12;/h7-10H,3-6,11H2,1-2H3,(H3,15,16,17);1H. The molecule has 0 bridgehead atoms. The van der Waals surface area contributed by atoms with Gasteiger partial charge in [0.15, 0.2) is 5.96 Å². The first kappa shape index (κ1) is 18.0. The normalized spacial score (nSPS) is 10.7. The van der Waals surface area contributed by atoms with Gasteiger partial charge in [-0.25, -0.2) is 0 Å². The Morgan fingerprint density at radius 2 is 1.89 bits per heavy atom. The number of methoxy groups -OCH3 is 1. The van der Waals surface area contributed by atoms with E-state index in [9.17, 15) is 0 Å². The summed E-state index contributed by atoms with van der Waals surface area (Å²) in [6, 6.07) is 7.60. The van der Waals surface area contributed by atoms with Crippen molar-refractivity contribution in [3.05, 3.63) is 24.3 Å². The van der Waals surface area contributed by atoms with Gasteiger partial charge in [-0.2, -0.15) is 0 Å². The minimum absolute atomic E-state index is 0. The average Bonchev–Trinajstić information content (AvgIpc) is 2.39. The third-order valence-corrected chi connectivity index (χ3v) is 2.66. The number of hydrogen-bond acceptors (Lipinski definition) is 2. The van der Waals surface area contributed by atoms with Crippen LogP contribution in [0.5, 0.6) is 5.75 Å². The smallest absolute Gasteiger partial charge is 0.193 e. The van der Waals surface area contributed by atoms with Gasteiger partial charge < -0.3 is 15.8 Å². The van der Waals surface area contributed by atoms with Crippen molar-refractivity contribution < 1.29 is 4.74 Å². The molecule has 0 spiro atoms. The van der Waals surface area contributed by atoms with Gasteiger partial charge in [0.2, 0.25) is 0 Å². The van der Waals surface area contributed by atoms with Crippen molar-refractivity contribution in [1.82, 2.24) is 0 Å². The van der Waals surface area contributed by atoms with E-state index in [1.807, 2.05) is 24.3 Å². The first-order chi connectivity index (χ1) is 8.76. The molecule has 5 heteroatoms. The summed E-state index contributed by atoms with van der Waals surface area (Å²) >= 11 is 0. The topological polar surface area (TPSA) is 59.6 Å². The number of hydrogen-bond donors (Lipinski definition) is 2. The van der Waals surface area contributed by atoms with Crippen LogP contribution < -0.4 is 15.8 Å². The Morgan fingerprint density at radius 3 is 2.47 bits per heavy atom. The lowest BCUT2D eigenvalue weighted by Gasteiger charge is -2.06. The van der Waals surface area contributed by atoms with E-state index in [0.717, 1.165) is 24.4 Å². The number of rotatable bonds is 7. The van der Waals surface area contributed by atoms with Crippen LogP contribution in [0.4, 0.5) is 5.69 Å². The van der Waals surface area contributed by atoms with Crippen molar-refractivity contribution >= 4 is 35.6 Å². The van der Waals surface area contributed by atoms with Gasteiger partial charge in [0, 0.05) is 12.2 Å². The molecule has 1 aromatic carbocycles. The highest BCUT2D eigenvalue weighted by atomic mass is 127. The molecule has 0 amide bonds. The lowest BCUT2D eigenvalue weighted by atomic mass is 10.2. The van der Waals surface area contributed by atoms with E-state index in [1.165, 1.54) is 19.3 Å². The van der Waals surface area contributed by atoms with Crippen molar-refractivity contribution in [2.24, 2.45) is 10.7 Å². The molecule has 0 unspecified atom stereocenters. The highest BCUT2D eigenvalue weighted by Gasteiger charge is 1.95. The van der Waals surface area contributed by atoms with Gasteiger partial charge in [-0.1, -0.05) is 26.2 Å². The summed E-state index contributed by atoms with van der Waals surface area (Å²) in [5.41, 5.74) is 6.72. The van der Waals surface area contributed by atoms with Crippen LogP contribution in [0.2, 0.25) is 0 Å². The van der Waals surface area contributed by atoms with Gasteiger partial charge in [0.1, 0.15) is 5.75 Å². The van der Waals surface area contributed by atoms with Crippen molar-refractivity contribution in [3.63, 3.8) is 0 Å². The molecular formula is C14H24IN3O. The Hall–Kier alpha value is -0.980. The molecule has 19 heavy (non-hydrogen) atoms. The second-order valence-corrected chi connectivity index (χ2v) is 4.18. The average molecular weight is 377 g/mol. The molecular weight excluding hydrogens is 353 g/mol. The van der Waals surface area contributed by atoms with Gasteiger partial charge in [-0.05, 0) is 30.7 Å². The summed E-state index contributed by atoms with van der Waals surface area (Å²) in [6.07, 6.45) is 4.82. The largest absolute Gasteiger partial charge is 0.497 e. The molecule has 0 fully saturated rings. The van der Waals surface area contributed by atoms with Crippen molar-refractivity contribution in [1.29, 1.82) is 0 Å². The van der Waals surface area contributed by atoms with Crippen LogP contribution in [0.1, 0.15) is 32.6 Å². The minimum Gasteiger partial charge on any atom is -0.497 e. The Bertz CT molecular complexity index is 365. The number of nitrogens with one attached hydrogen (secondary N) is 1. The molecule has 0 saturated carbocycles. The van der Waals surface area contributed by atoms with E-state index in [1.54, 1.807) is 7.11 Å². The number of nitrogens with two attached hydrogens (primary N) is 1. The van der Waals surface area contributed by atoms with Gasteiger partial charge in [0.05, 0.1) is 7.11 Å². The van der Waals surface area contributed by atoms with E-state index in [0.29, 0.717) is 5.96 Å². The number of unbranched alkanes of at least 4 members (excludes halogenated alkanes) is 3. The number of benzene rings is 1. The van der Waals surface area contributed by atoms with Gasteiger partial charge in [0.25, 0.3) is 0 Å². The number of aliphatic imine (C=N–C) groups is 1. The van der Waals surface area contributed by atoms with E-state index in [2.05, 4.69) is 17.2 Å². The number of nitrogens with zero attached hydrogens (tertiary/aromatic N) is 1. The van der Waals surface area contributed by atoms with Crippen LogP contribution in [0, 0.1) is 0 Å². The lowest BCUT2D eigenvalue weighted by molar-refractivity contribution is 0.415. The first-order valence-corrected chi connectivity index (χ1v) is 6.47. The molecule has 1 rings (SSSR count). The zero-order chi connectivity index (χ0) is 13.2. The lowest BCUT2D eigenvalue weighted by Crippen LogP contribution is -2.22. The highest BCUT2D eigenvalue weighted by molar-refractivity contribution is 14.0. The first-order valence-electron chi connectivity index (χ1n) is 6.47. The number of ether oxygens (including phenoxy) is 1. The predicted molar refractivity (Wildman–Crippen MR) is 92.7 cm³/mol. The predicted octanol–water partition coefficient (Wildman–Crippen LogP) is 3.62. The molecule has 108 valence electrons. The van der Waals surface area contributed by atoms with E-state index < -0.39 is 0 Å². The maximum atomic E-state index is 5.80. The maximum absolute atomic E-state index is 5.80. The molecule has 0 aliphatic rings. The molecule has 0 aliphatic heterocycles. The molecule has 0 atom stereocenters. The summed E-state index contributed by atoms with van der Waals surface area (Å²) in [5, 5.41) is 3.06. The highest BCUT2D eigenvalue weighted by Crippen LogP contribution is 2.14. The molecule has 0 saturated heterocycles. The van der Waals surface area contributed by atoms with Crippen LogP contribution in [0.25, 0.3) is 0 Å². The molecule has 1 aromatic rings. The molecule has 0 aliphatic carbocycles. The molecule has 4 nitrogen and oxygen atoms in total. The second kappa shape index (κ2) is 10.9. The molecule has 0 radical (unpaired) electrons. The van der Waals surface area contributed by atoms with E-state index in [-0.39, 0.29) is 24.0 Å². The van der Waals surface area contributed by atoms with E-state index in [4.69, 9.17) is 10.5 Å². The zero-order valence-corrected chi connectivity index (χ0v) is 14.0. The summed E-state index contributed by atoms with van der Waals surface area (Å²) < 4.78 is 5.09. The molecule has 0 aromatic heterocycles. The van der Waals surface area contributed by atoms with Crippen LogP contribution in [0.15, 0.2) is 29.3 Å². The fraction of sp³-hybridized carbons (Fsp3) is 0.500. The van der Waals surface area contributed by atoms with Gasteiger partial charge in [-0.3, -0.25) is 4.99 Å². The van der Waals surface area contributed by atoms with Crippen molar-refractivity contribution in [2.75, 3.05) is 19.0 Å². The Labute approximate surface area is 132 Å². The number of guanidine groups is 1. The zero-order valence-electron chi connectivity index (χ0n) is 11.7. The van der Waals surface area contributed by atoms with Gasteiger partial charge in [-0.15, -0.1) is 24.0 Å². The van der Waals surface area contributed by atoms with Crippen LogP contribution in [-0.2, 0) is 0 Å². The fourth-order valence-electron chi connectivity index (χ4n) is 1.60. The minimum atomic E-state index is 0. The van der Waals surface area contributed by atoms with Gasteiger partial charge >= 0.3 is 0 Å². The van der Waals surface area contributed by atoms with E-state index >= 15 is 0 Å². The summed E-state index contributed by atoms with van der Waals surface area (Å²) in [7, 11) is 1.65. The van der Waals surface area contributed by atoms with Crippen LogP contribution in [0.3, 0.4) is 0 Å². The summed E-state index contributed by atoms with van der Waals surface area (Å²) in [6.45, 7) is 2.98. The Kier molecular flexibility index (Phi) is 10.3. The maximum Gasteiger partial charge on any atom is 0.193 e. The third kappa shape index (κ3) is 7.92. The van der Waals surface area contributed by atoms with Crippen LogP contribution >= 0.6 is 24.0 Å². The SMILES string of the molecule is CCCCCCN=C(N)Nc1ccc(OC)cc1.I. The molecule has 3 N–H and O–H groups in total. The van der Waals surface area contributed by atoms with Crippen molar-refractivity contribution in [2.45, 2.75) is 32.6 Å². The summed E-state index contributed by atoms with van der Waals surface area (Å²) in [5.74, 6) is 1.30. The Morgan fingerprint density at radius 1 is 1.21 bits per heavy atom. The monoisotopic (exact) mass is 377 g/mol. The molecule has 0 heterocycles. The van der Waals surface area contributed by atoms with Crippen LogP contribution in [-0.4, -0.2) is 19.6 Å². The number of halogens is 1. The number of anilines is 1. The third-order valence-electron chi connectivity index (χ3n) is 2.66. The Balaban J connectivity index is 0.00000324. The second-order valence-electron chi connectivity index (χ2n) is 4.18. The quantitative estimate of drug-likeness (QED) is 0.330. The summed E-state index contributed by atoms with van der Waals surface area (Å²) in [4.78, 5) is 4.29.